The van der Waals surface area contributed by atoms with E-state index in [1.54, 1.807) is 19.3 Å². The minimum Gasteiger partial charge on any atom is -0.508 e. The summed E-state index contributed by atoms with van der Waals surface area (Å²) >= 11 is 0. The van der Waals surface area contributed by atoms with Crippen LogP contribution < -0.4 is 9.47 Å². The minimum atomic E-state index is -0.571. The predicted molar refractivity (Wildman–Crippen MR) is 209 cm³/mol. The number of hydrogen-bond acceptors (Lipinski definition) is 6. The lowest BCUT2D eigenvalue weighted by Gasteiger charge is -2.28. The van der Waals surface area contributed by atoms with Crippen molar-refractivity contribution in [3.05, 3.63) is 125 Å². The van der Waals surface area contributed by atoms with Gasteiger partial charge in [0.05, 0.1) is 12.5 Å². The summed E-state index contributed by atoms with van der Waals surface area (Å²) in [6.45, 7) is 0.347. The number of methoxy groups -OCH3 is 1. The van der Waals surface area contributed by atoms with E-state index < -0.39 is 11.5 Å². The number of ether oxygens (including phenoxy) is 3. The van der Waals surface area contributed by atoms with Gasteiger partial charge in [-0.3, -0.25) is 4.79 Å². The number of hydrogen-bond donors (Lipinski definition) is 2. The molecule has 0 unspecified atom stereocenters. The summed E-state index contributed by atoms with van der Waals surface area (Å²) in [5, 5.41) is 24.0. The van der Waals surface area contributed by atoms with Crippen molar-refractivity contribution in [1.29, 1.82) is 0 Å². The van der Waals surface area contributed by atoms with Crippen LogP contribution in [0.4, 0.5) is 0 Å². The van der Waals surface area contributed by atoms with Crippen LogP contribution in [0.15, 0.2) is 103 Å². The van der Waals surface area contributed by atoms with E-state index >= 15 is 0 Å². The highest BCUT2D eigenvalue weighted by atomic mass is 16.5. The number of benzene rings is 4. The fourth-order valence-electron chi connectivity index (χ4n) is 8.52. The second kappa shape index (κ2) is 16.7. The minimum absolute atomic E-state index is 0.0102. The van der Waals surface area contributed by atoms with Gasteiger partial charge in [-0.1, -0.05) is 79.9 Å². The van der Waals surface area contributed by atoms with Gasteiger partial charge in [0, 0.05) is 18.4 Å². The molecule has 4 aromatic carbocycles. The number of aliphatic hydroxyl groups excluding tert-OH is 1. The number of fused-ring (bicyclic) bond motifs is 8. The molecular formula is C47H50O6. The number of aryl methyl sites for hydroxylation is 2. The maximum atomic E-state index is 13.7. The van der Waals surface area contributed by atoms with Crippen molar-refractivity contribution in [2.75, 3.05) is 7.11 Å². The monoisotopic (exact) mass is 710 g/mol. The Hall–Kier alpha value is -5.15. The third-order valence-electron chi connectivity index (χ3n) is 11.4. The van der Waals surface area contributed by atoms with Gasteiger partial charge in [-0.25, -0.2) is 0 Å². The second-order valence-corrected chi connectivity index (χ2v) is 15.0. The number of allylic oxidation sites excluding steroid dienone is 3. The molecule has 1 spiro atoms. The van der Waals surface area contributed by atoms with Crippen LogP contribution in [0.3, 0.4) is 0 Å². The van der Waals surface area contributed by atoms with E-state index in [9.17, 15) is 15.0 Å². The van der Waals surface area contributed by atoms with E-state index in [0.29, 0.717) is 37.4 Å². The van der Waals surface area contributed by atoms with Crippen LogP contribution in [-0.4, -0.2) is 29.2 Å². The topological polar surface area (TPSA) is 85.2 Å². The number of carbonyl (C=O) groups is 1. The summed E-state index contributed by atoms with van der Waals surface area (Å²) in [5.41, 5.74) is 3.61. The fraction of sp³-hybridized carbons (Fsp3) is 0.383. The molecular weight excluding hydrogens is 661 g/mol. The smallest absolute Gasteiger partial charge is 0.161 e. The molecule has 8 rings (SSSR count). The average molecular weight is 711 g/mol. The number of phenolic OH excluding ortho intramolecular Hbond substituents is 1. The van der Waals surface area contributed by atoms with Crippen LogP contribution in [0.2, 0.25) is 0 Å². The Bertz CT molecular complexity index is 2030. The van der Waals surface area contributed by atoms with Gasteiger partial charge in [-0.05, 0) is 127 Å². The van der Waals surface area contributed by atoms with E-state index in [4.69, 9.17) is 14.2 Å². The first kappa shape index (κ1) is 36.2. The van der Waals surface area contributed by atoms with Gasteiger partial charge in [0.25, 0.3) is 0 Å². The predicted octanol–water partition coefficient (Wildman–Crippen LogP) is 10.2. The molecule has 2 aliphatic carbocycles. The van der Waals surface area contributed by atoms with Crippen molar-refractivity contribution < 1.29 is 29.2 Å². The molecule has 53 heavy (non-hydrogen) atoms. The Balaban J connectivity index is 1.18. The molecule has 0 saturated heterocycles. The molecule has 3 atom stereocenters. The van der Waals surface area contributed by atoms with Gasteiger partial charge in [0.2, 0.25) is 0 Å². The summed E-state index contributed by atoms with van der Waals surface area (Å²) in [7, 11) is 1.63. The first-order valence-electron chi connectivity index (χ1n) is 19.3. The first-order chi connectivity index (χ1) is 25.9. The molecule has 6 bridgehead atoms. The highest BCUT2D eigenvalue weighted by molar-refractivity contribution is 5.90. The van der Waals surface area contributed by atoms with E-state index in [1.807, 2.05) is 36.4 Å². The van der Waals surface area contributed by atoms with Crippen molar-refractivity contribution in [3.8, 4) is 29.3 Å². The summed E-state index contributed by atoms with van der Waals surface area (Å²) in [6.07, 6.45) is 18.0. The van der Waals surface area contributed by atoms with E-state index in [-0.39, 0.29) is 35.5 Å². The zero-order chi connectivity index (χ0) is 36.6. The number of carbonyl (C=O) groups excluding carboxylic acids is 1. The molecule has 2 aliphatic heterocycles. The van der Waals surface area contributed by atoms with Crippen LogP contribution >= 0.6 is 0 Å². The third kappa shape index (κ3) is 8.74. The van der Waals surface area contributed by atoms with Crippen molar-refractivity contribution in [3.63, 3.8) is 0 Å². The van der Waals surface area contributed by atoms with Crippen LogP contribution in [0.25, 0.3) is 10.8 Å². The zero-order valence-electron chi connectivity index (χ0n) is 30.7. The highest BCUT2D eigenvalue weighted by Gasteiger charge is 2.38. The van der Waals surface area contributed by atoms with E-state index in [0.717, 1.165) is 78.8 Å². The molecule has 4 aromatic rings. The van der Waals surface area contributed by atoms with Crippen LogP contribution in [0.5, 0.6) is 17.2 Å². The normalized spacial score (nSPS) is 21.2. The third-order valence-corrected chi connectivity index (χ3v) is 11.4. The molecule has 274 valence electrons. The molecule has 0 amide bonds. The van der Waals surface area contributed by atoms with Crippen LogP contribution in [0, 0.1) is 23.9 Å². The van der Waals surface area contributed by atoms with Gasteiger partial charge in [-0.2, -0.15) is 0 Å². The van der Waals surface area contributed by atoms with Crippen molar-refractivity contribution >= 4 is 16.6 Å². The van der Waals surface area contributed by atoms with Crippen molar-refractivity contribution in [2.24, 2.45) is 11.8 Å². The maximum Gasteiger partial charge on any atom is 0.161 e. The van der Waals surface area contributed by atoms with Gasteiger partial charge in [0.1, 0.15) is 36.1 Å². The summed E-state index contributed by atoms with van der Waals surface area (Å²) in [6, 6.07) is 26.4. The van der Waals surface area contributed by atoms with Crippen molar-refractivity contribution in [1.82, 2.24) is 0 Å². The maximum absolute atomic E-state index is 13.7. The molecule has 2 heterocycles. The number of ketones is 1. The SMILES string of the molecule is COc1ccc2cc1OCc1ccc3c(c(O)ccc3c1)C1(C#CO[C@@H](C[C@H]3C=C(O)C=C[C@@H]3CCCCc3ccccc3)CC(=O)CC2)CCCC1. The Kier molecular flexibility index (Phi) is 11.4. The molecule has 6 heteroatoms. The average Bonchev–Trinajstić information content (AvgIpc) is 3.64. The molecule has 1 fully saturated rings. The molecule has 2 N–H and O–H groups in total. The summed E-state index contributed by atoms with van der Waals surface area (Å²) in [4.78, 5) is 13.7. The molecule has 0 radical (unpaired) electrons. The zero-order valence-corrected chi connectivity index (χ0v) is 30.7. The standard InChI is InChI=1S/C47H50O6/c1-51-44-22-15-34-13-18-40(49)31-41(30-38-29-39(48)19-16-36(38)12-6-5-11-33-9-3-2-4-10-33)52-26-25-47(23-7-8-24-47)46-42-20-14-35(32-53-45(44)28-34)27-37(42)17-21-43(46)50/h2-4,9-10,14-17,19-22,27-29,36,38,41,48,50H,5-8,11-13,18,23-24,30-32H2,1H3/t36-,38+,41-/m0/s1. The Morgan fingerprint density at radius 2 is 1.74 bits per heavy atom. The van der Waals surface area contributed by atoms with Gasteiger partial charge in [-0.15, -0.1) is 0 Å². The van der Waals surface area contributed by atoms with Gasteiger partial charge < -0.3 is 24.4 Å². The largest absolute Gasteiger partial charge is 0.508 e. The number of aromatic hydroxyl groups is 1. The van der Waals surface area contributed by atoms with Gasteiger partial charge in [0.15, 0.2) is 11.5 Å². The van der Waals surface area contributed by atoms with Crippen LogP contribution in [-0.2, 0) is 34.4 Å². The summed E-state index contributed by atoms with van der Waals surface area (Å²) < 4.78 is 18.4. The molecule has 4 aliphatic rings. The number of Topliss-reactive ketones (excluding diaryl/α,β-unsaturated/α-hetero) is 1. The fourth-order valence-corrected chi connectivity index (χ4v) is 8.52. The van der Waals surface area contributed by atoms with Crippen LogP contribution in [0.1, 0.15) is 86.5 Å². The van der Waals surface area contributed by atoms with Gasteiger partial charge >= 0.3 is 0 Å². The quantitative estimate of drug-likeness (QED) is 0.140. The number of rotatable bonds is 8. The Morgan fingerprint density at radius 3 is 2.57 bits per heavy atom. The first-order valence-corrected chi connectivity index (χ1v) is 19.3. The van der Waals surface area contributed by atoms with E-state index in [1.165, 1.54) is 5.56 Å². The lowest BCUT2D eigenvalue weighted by molar-refractivity contribution is -0.121. The summed E-state index contributed by atoms with van der Waals surface area (Å²) in [5.74, 6) is 5.61. The number of unbranched alkanes of at least 4 members (excludes halogenated alkanes) is 1. The Labute approximate surface area is 313 Å². The van der Waals surface area contributed by atoms with E-state index in [2.05, 4.69) is 60.6 Å². The number of aliphatic hydroxyl groups is 1. The molecule has 6 nitrogen and oxygen atoms in total. The molecule has 0 aromatic heterocycles. The van der Waals surface area contributed by atoms with Crippen molar-refractivity contribution in [2.45, 2.75) is 95.2 Å². The number of phenols is 1. The second-order valence-electron chi connectivity index (χ2n) is 15.0. The lowest BCUT2D eigenvalue weighted by Crippen LogP contribution is -2.25. The Morgan fingerprint density at radius 1 is 0.906 bits per heavy atom. The highest BCUT2D eigenvalue weighted by Crippen LogP contribution is 2.47. The molecule has 1 saturated carbocycles. The lowest BCUT2D eigenvalue weighted by atomic mass is 9.76.